The van der Waals surface area contributed by atoms with Crippen molar-refractivity contribution >= 4 is 17.3 Å². The number of aromatic carboxylic acids is 1. The second-order valence-electron chi connectivity index (χ2n) is 2.88. The van der Waals surface area contributed by atoms with E-state index < -0.39 is 5.97 Å². The van der Waals surface area contributed by atoms with Gasteiger partial charge in [-0.2, -0.15) is 0 Å². The highest BCUT2D eigenvalue weighted by Crippen LogP contribution is 2.30. The summed E-state index contributed by atoms with van der Waals surface area (Å²) in [5, 5.41) is 11.0. The normalized spacial score (nSPS) is 22.0. The van der Waals surface area contributed by atoms with Gasteiger partial charge in [-0.1, -0.05) is 0 Å². The number of hydrogen-bond donors (Lipinski definition) is 1. The maximum atomic E-state index is 10.5. The predicted octanol–water partition coefficient (Wildman–Crippen LogP) is 1.69. The molecule has 1 N–H and O–H groups in total. The summed E-state index contributed by atoms with van der Waals surface area (Å²) in [7, 11) is 0. The molecule has 0 spiro atoms. The molecule has 1 saturated heterocycles. The van der Waals surface area contributed by atoms with E-state index in [0.717, 1.165) is 24.5 Å². The van der Waals surface area contributed by atoms with Crippen molar-refractivity contribution in [1.82, 2.24) is 4.98 Å². The predicted molar refractivity (Wildman–Crippen MR) is 47.0 cm³/mol. The largest absolute Gasteiger partial charge is 0.476 e. The molecular formula is C8H9NO3S. The topological polar surface area (TPSA) is 59.4 Å². The third kappa shape index (κ3) is 1.71. The third-order valence-corrected chi connectivity index (χ3v) is 2.88. The molecule has 0 saturated carbocycles. The zero-order valence-corrected chi connectivity index (χ0v) is 7.71. The van der Waals surface area contributed by atoms with Gasteiger partial charge in [0.15, 0.2) is 5.69 Å². The van der Waals surface area contributed by atoms with Crippen LogP contribution >= 0.6 is 11.3 Å². The molecular weight excluding hydrogens is 190 g/mol. The Morgan fingerprint density at radius 2 is 2.62 bits per heavy atom. The average molecular weight is 199 g/mol. The Morgan fingerprint density at radius 1 is 1.77 bits per heavy atom. The Labute approximate surface area is 79.2 Å². The summed E-state index contributed by atoms with van der Waals surface area (Å²) in [6.07, 6.45) is 2.01. The number of carbonyl (C=O) groups is 1. The van der Waals surface area contributed by atoms with E-state index in [1.54, 1.807) is 5.38 Å². The van der Waals surface area contributed by atoms with Gasteiger partial charge in [-0.15, -0.1) is 11.3 Å². The number of nitrogens with zero attached hydrogens (tertiary/aromatic N) is 1. The number of aromatic nitrogens is 1. The molecule has 1 aliphatic rings. The van der Waals surface area contributed by atoms with Crippen LogP contribution in [0, 0.1) is 0 Å². The quantitative estimate of drug-likeness (QED) is 0.787. The standard InChI is InChI=1S/C8H9NO3S/c10-8(11)5-4-13-7(9-5)6-2-1-3-12-6/h4,6H,1-3H2,(H,10,11). The molecule has 1 aromatic heterocycles. The minimum Gasteiger partial charge on any atom is -0.476 e. The minimum absolute atomic E-state index is 0.0260. The van der Waals surface area contributed by atoms with Crippen LogP contribution in [0.25, 0.3) is 0 Å². The van der Waals surface area contributed by atoms with Crippen molar-refractivity contribution in [3.05, 3.63) is 16.1 Å². The second kappa shape index (κ2) is 3.43. The molecule has 0 aliphatic carbocycles. The third-order valence-electron chi connectivity index (χ3n) is 1.95. The molecule has 1 fully saturated rings. The summed E-state index contributed by atoms with van der Waals surface area (Å²) < 4.78 is 5.39. The van der Waals surface area contributed by atoms with Crippen molar-refractivity contribution < 1.29 is 14.6 Å². The SMILES string of the molecule is O=C(O)c1csc(C2CCCO2)n1. The van der Waals surface area contributed by atoms with E-state index in [-0.39, 0.29) is 11.8 Å². The highest BCUT2D eigenvalue weighted by atomic mass is 32.1. The van der Waals surface area contributed by atoms with Crippen LogP contribution in [0.5, 0.6) is 0 Å². The summed E-state index contributed by atoms with van der Waals surface area (Å²) in [4.78, 5) is 14.5. The Morgan fingerprint density at radius 3 is 3.15 bits per heavy atom. The van der Waals surface area contributed by atoms with E-state index in [1.807, 2.05) is 0 Å². The van der Waals surface area contributed by atoms with Crippen LogP contribution in [-0.4, -0.2) is 22.7 Å². The molecule has 1 atom stereocenters. The fourth-order valence-corrected chi connectivity index (χ4v) is 2.18. The molecule has 0 amide bonds. The van der Waals surface area contributed by atoms with E-state index in [0.29, 0.717) is 0 Å². The van der Waals surface area contributed by atoms with Gasteiger partial charge < -0.3 is 9.84 Å². The monoisotopic (exact) mass is 199 g/mol. The lowest BCUT2D eigenvalue weighted by Gasteiger charge is -2.02. The smallest absolute Gasteiger partial charge is 0.355 e. The van der Waals surface area contributed by atoms with Crippen LogP contribution in [0.2, 0.25) is 0 Å². The molecule has 2 heterocycles. The van der Waals surface area contributed by atoms with Crippen molar-refractivity contribution in [1.29, 1.82) is 0 Å². The number of carboxylic acids is 1. The fourth-order valence-electron chi connectivity index (χ4n) is 1.31. The second-order valence-corrected chi connectivity index (χ2v) is 3.77. The first-order valence-electron chi connectivity index (χ1n) is 4.07. The van der Waals surface area contributed by atoms with E-state index >= 15 is 0 Å². The number of rotatable bonds is 2. The van der Waals surface area contributed by atoms with Gasteiger partial charge in [0.25, 0.3) is 0 Å². The van der Waals surface area contributed by atoms with E-state index in [1.165, 1.54) is 11.3 Å². The van der Waals surface area contributed by atoms with E-state index in [2.05, 4.69) is 4.98 Å². The number of ether oxygens (including phenoxy) is 1. The average Bonchev–Trinajstić information content (AvgIpc) is 2.75. The van der Waals surface area contributed by atoms with Gasteiger partial charge in [0.2, 0.25) is 0 Å². The lowest BCUT2D eigenvalue weighted by molar-refractivity contribution is 0.0689. The van der Waals surface area contributed by atoms with E-state index in [4.69, 9.17) is 9.84 Å². The van der Waals surface area contributed by atoms with Gasteiger partial charge in [-0.25, -0.2) is 9.78 Å². The molecule has 4 nitrogen and oxygen atoms in total. The molecule has 0 aromatic carbocycles. The zero-order chi connectivity index (χ0) is 9.26. The van der Waals surface area contributed by atoms with Crippen molar-refractivity contribution in [3.8, 4) is 0 Å². The first-order valence-corrected chi connectivity index (χ1v) is 4.95. The highest BCUT2D eigenvalue weighted by molar-refractivity contribution is 7.09. The Balaban J connectivity index is 2.16. The lowest BCUT2D eigenvalue weighted by Crippen LogP contribution is -1.99. The molecule has 1 aromatic rings. The molecule has 1 unspecified atom stereocenters. The summed E-state index contributed by atoms with van der Waals surface area (Å²) in [5.74, 6) is -0.972. The minimum atomic E-state index is -0.972. The van der Waals surface area contributed by atoms with Gasteiger partial charge in [0, 0.05) is 12.0 Å². The summed E-state index contributed by atoms with van der Waals surface area (Å²) >= 11 is 1.36. The van der Waals surface area contributed by atoms with Crippen LogP contribution in [0.15, 0.2) is 5.38 Å². The fraction of sp³-hybridized carbons (Fsp3) is 0.500. The van der Waals surface area contributed by atoms with Crippen molar-refractivity contribution in [2.45, 2.75) is 18.9 Å². The van der Waals surface area contributed by atoms with Crippen molar-refractivity contribution in [2.24, 2.45) is 0 Å². The van der Waals surface area contributed by atoms with Gasteiger partial charge in [0.05, 0.1) is 0 Å². The first-order chi connectivity index (χ1) is 6.27. The molecule has 5 heteroatoms. The Bertz CT molecular complexity index is 317. The van der Waals surface area contributed by atoms with Crippen molar-refractivity contribution in [3.63, 3.8) is 0 Å². The van der Waals surface area contributed by atoms with Crippen LogP contribution < -0.4 is 0 Å². The summed E-state index contributed by atoms with van der Waals surface area (Å²) in [5.41, 5.74) is 0.121. The molecule has 2 rings (SSSR count). The van der Waals surface area contributed by atoms with E-state index in [9.17, 15) is 4.79 Å². The highest BCUT2D eigenvalue weighted by Gasteiger charge is 2.21. The van der Waals surface area contributed by atoms with Gasteiger partial charge >= 0.3 is 5.97 Å². The Kier molecular flexibility index (Phi) is 2.28. The molecule has 0 bridgehead atoms. The molecule has 0 radical (unpaired) electrons. The lowest BCUT2D eigenvalue weighted by atomic mass is 10.2. The van der Waals surface area contributed by atoms with Gasteiger partial charge in [0.1, 0.15) is 11.1 Å². The first kappa shape index (κ1) is 8.65. The van der Waals surface area contributed by atoms with Crippen LogP contribution in [0.3, 0.4) is 0 Å². The van der Waals surface area contributed by atoms with Crippen LogP contribution in [0.4, 0.5) is 0 Å². The molecule has 13 heavy (non-hydrogen) atoms. The van der Waals surface area contributed by atoms with Gasteiger partial charge in [-0.3, -0.25) is 0 Å². The molecule has 70 valence electrons. The maximum absolute atomic E-state index is 10.5. The Hall–Kier alpha value is -0.940. The maximum Gasteiger partial charge on any atom is 0.355 e. The number of thiazole rings is 1. The number of hydrogen-bond acceptors (Lipinski definition) is 4. The van der Waals surface area contributed by atoms with Crippen molar-refractivity contribution in [2.75, 3.05) is 6.61 Å². The van der Waals surface area contributed by atoms with Gasteiger partial charge in [-0.05, 0) is 12.8 Å². The summed E-state index contributed by atoms with van der Waals surface area (Å²) in [6, 6.07) is 0. The molecule has 1 aliphatic heterocycles. The van der Waals surface area contributed by atoms with Crippen LogP contribution in [-0.2, 0) is 4.74 Å². The summed E-state index contributed by atoms with van der Waals surface area (Å²) in [6.45, 7) is 0.757. The zero-order valence-electron chi connectivity index (χ0n) is 6.90. The van der Waals surface area contributed by atoms with Crippen LogP contribution in [0.1, 0.15) is 34.4 Å². The number of carboxylic acid groups (broad SMARTS) is 1.